The highest BCUT2D eigenvalue weighted by atomic mass is 79.9. The van der Waals surface area contributed by atoms with Crippen molar-refractivity contribution in [2.24, 2.45) is 11.7 Å². The second-order valence-electron chi connectivity index (χ2n) is 4.62. The number of aliphatic hydroxyl groups excluding tert-OH is 1. The Balaban J connectivity index is 0.00000180. The summed E-state index contributed by atoms with van der Waals surface area (Å²) in [6.07, 6.45) is -3.42. The maximum atomic E-state index is 12.7. The third-order valence-corrected chi connectivity index (χ3v) is 3.56. The van der Waals surface area contributed by atoms with Crippen molar-refractivity contribution in [3.63, 3.8) is 0 Å². The second kappa shape index (κ2) is 5.99. The third-order valence-electron chi connectivity index (χ3n) is 3.11. The summed E-state index contributed by atoms with van der Waals surface area (Å²) in [6.45, 7) is 0. The molecule has 0 bridgehead atoms. The zero-order chi connectivity index (χ0) is 13.5. The van der Waals surface area contributed by atoms with Crippen LogP contribution in [0.1, 0.15) is 30.0 Å². The lowest BCUT2D eigenvalue weighted by Crippen LogP contribution is -2.28. The third kappa shape index (κ3) is 4.08. The molecule has 7 heteroatoms. The number of aliphatic hydroxyl groups is 1. The Bertz CT molecular complexity index is 451. The fraction of sp³-hybridized carbons (Fsp3) is 0.500. The highest BCUT2D eigenvalue weighted by molar-refractivity contribution is 9.10. The molecule has 1 saturated carbocycles. The van der Waals surface area contributed by atoms with Crippen molar-refractivity contribution >= 4 is 28.3 Å². The van der Waals surface area contributed by atoms with Gasteiger partial charge in [0.2, 0.25) is 0 Å². The van der Waals surface area contributed by atoms with Gasteiger partial charge in [-0.1, -0.05) is 15.9 Å². The molecule has 1 aromatic carbocycles. The molecule has 2 atom stereocenters. The van der Waals surface area contributed by atoms with E-state index in [1.54, 1.807) is 0 Å². The molecule has 1 aromatic rings. The predicted octanol–water partition coefficient (Wildman–Crippen LogP) is 3.66. The van der Waals surface area contributed by atoms with Crippen LogP contribution in [0.2, 0.25) is 0 Å². The van der Waals surface area contributed by atoms with E-state index in [1.807, 2.05) is 0 Å². The molecule has 0 radical (unpaired) electrons. The molecular weight excluding hydrogens is 346 g/mol. The highest BCUT2D eigenvalue weighted by Crippen LogP contribution is 2.39. The van der Waals surface area contributed by atoms with Gasteiger partial charge in [0.05, 0.1) is 17.7 Å². The van der Waals surface area contributed by atoms with Crippen molar-refractivity contribution in [3.8, 4) is 0 Å². The van der Waals surface area contributed by atoms with Crippen LogP contribution in [0.3, 0.4) is 0 Å². The van der Waals surface area contributed by atoms with Crippen LogP contribution in [-0.2, 0) is 6.18 Å². The Hall–Kier alpha value is -0.300. The molecule has 1 aliphatic carbocycles. The van der Waals surface area contributed by atoms with E-state index in [4.69, 9.17) is 5.73 Å². The summed E-state index contributed by atoms with van der Waals surface area (Å²) >= 11 is 3.04. The minimum absolute atomic E-state index is 0. The lowest BCUT2D eigenvalue weighted by atomic mass is 9.97. The van der Waals surface area contributed by atoms with Gasteiger partial charge in [-0.3, -0.25) is 0 Å². The van der Waals surface area contributed by atoms with Crippen LogP contribution in [-0.4, -0.2) is 11.2 Å². The molecule has 0 aliphatic heterocycles. The van der Waals surface area contributed by atoms with Crippen molar-refractivity contribution in [1.82, 2.24) is 0 Å². The van der Waals surface area contributed by atoms with Crippen LogP contribution in [0, 0.1) is 5.92 Å². The first-order valence-corrected chi connectivity index (χ1v) is 6.39. The molecule has 0 heterocycles. The van der Waals surface area contributed by atoms with Crippen LogP contribution in [0.25, 0.3) is 0 Å². The standard InChI is InChI=1S/C12H13BrF3NO.ClH/c13-9-4-7(3-8(5-9)12(14,15)16)10(17)11(18)6-1-2-6;/h3-6,10-11,18H,1-2,17H2;1H/t10-,11+;/m1./s1. The lowest BCUT2D eigenvalue weighted by molar-refractivity contribution is -0.137. The van der Waals surface area contributed by atoms with E-state index in [0.717, 1.165) is 25.0 Å². The van der Waals surface area contributed by atoms with Gasteiger partial charge in [-0.25, -0.2) is 0 Å². The average molecular weight is 361 g/mol. The van der Waals surface area contributed by atoms with Crippen LogP contribution >= 0.6 is 28.3 Å². The molecule has 1 aliphatic rings. The smallest absolute Gasteiger partial charge is 0.391 e. The summed E-state index contributed by atoms with van der Waals surface area (Å²) < 4.78 is 38.3. The number of hydrogen-bond acceptors (Lipinski definition) is 2. The van der Waals surface area contributed by atoms with Gasteiger partial charge in [0.15, 0.2) is 0 Å². The molecule has 0 spiro atoms. The van der Waals surface area contributed by atoms with Crippen LogP contribution in [0.4, 0.5) is 13.2 Å². The number of alkyl halides is 3. The van der Waals surface area contributed by atoms with Crippen molar-refractivity contribution in [3.05, 3.63) is 33.8 Å². The minimum atomic E-state index is -4.41. The van der Waals surface area contributed by atoms with Gasteiger partial charge in [-0.2, -0.15) is 13.2 Å². The summed E-state index contributed by atoms with van der Waals surface area (Å²) in [5.41, 5.74) is 5.37. The van der Waals surface area contributed by atoms with Crippen LogP contribution in [0.5, 0.6) is 0 Å². The number of hydrogen-bond donors (Lipinski definition) is 2. The van der Waals surface area contributed by atoms with Gasteiger partial charge in [-0.15, -0.1) is 12.4 Å². The van der Waals surface area contributed by atoms with Gasteiger partial charge < -0.3 is 10.8 Å². The Morgan fingerprint density at radius 3 is 2.32 bits per heavy atom. The van der Waals surface area contributed by atoms with Crippen LogP contribution in [0.15, 0.2) is 22.7 Å². The van der Waals surface area contributed by atoms with Gasteiger partial charge >= 0.3 is 6.18 Å². The SMILES string of the molecule is Cl.N[C@H](c1cc(Br)cc(C(F)(F)F)c1)[C@@H](O)C1CC1. The summed E-state index contributed by atoms with van der Waals surface area (Å²) in [5, 5.41) is 9.87. The Labute approximate surface area is 123 Å². The van der Waals surface area contributed by atoms with Crippen molar-refractivity contribution in [2.45, 2.75) is 31.2 Å². The first-order chi connectivity index (χ1) is 8.29. The summed E-state index contributed by atoms with van der Waals surface area (Å²) in [6, 6.07) is 2.74. The molecule has 0 unspecified atom stereocenters. The van der Waals surface area contributed by atoms with E-state index in [0.29, 0.717) is 10.0 Å². The zero-order valence-electron chi connectivity index (χ0n) is 9.82. The van der Waals surface area contributed by atoms with Crippen molar-refractivity contribution in [1.29, 1.82) is 0 Å². The quantitative estimate of drug-likeness (QED) is 0.864. The Morgan fingerprint density at radius 2 is 1.84 bits per heavy atom. The first kappa shape index (κ1) is 16.8. The molecule has 0 saturated heterocycles. The zero-order valence-corrected chi connectivity index (χ0v) is 12.2. The molecule has 2 rings (SSSR count). The summed E-state index contributed by atoms with van der Waals surface area (Å²) in [5.74, 6) is 0.119. The molecule has 3 N–H and O–H groups in total. The summed E-state index contributed by atoms with van der Waals surface area (Å²) in [4.78, 5) is 0. The van der Waals surface area contributed by atoms with Crippen molar-refractivity contribution in [2.75, 3.05) is 0 Å². The average Bonchev–Trinajstić information content (AvgIpc) is 3.08. The van der Waals surface area contributed by atoms with E-state index in [9.17, 15) is 18.3 Å². The van der Waals surface area contributed by atoms with E-state index in [-0.39, 0.29) is 18.3 Å². The maximum Gasteiger partial charge on any atom is 0.416 e. The van der Waals surface area contributed by atoms with E-state index < -0.39 is 23.9 Å². The van der Waals surface area contributed by atoms with Gasteiger partial charge in [-0.05, 0) is 42.5 Å². The van der Waals surface area contributed by atoms with Gasteiger partial charge in [0.1, 0.15) is 0 Å². The largest absolute Gasteiger partial charge is 0.416 e. The van der Waals surface area contributed by atoms with Gasteiger partial charge in [0, 0.05) is 4.47 Å². The molecule has 1 fully saturated rings. The van der Waals surface area contributed by atoms with E-state index in [2.05, 4.69) is 15.9 Å². The number of benzene rings is 1. The van der Waals surface area contributed by atoms with E-state index >= 15 is 0 Å². The van der Waals surface area contributed by atoms with Crippen LogP contribution < -0.4 is 5.73 Å². The molecule has 0 amide bonds. The summed E-state index contributed by atoms with van der Waals surface area (Å²) in [7, 11) is 0. The van der Waals surface area contributed by atoms with Crippen molar-refractivity contribution < 1.29 is 18.3 Å². The van der Waals surface area contributed by atoms with E-state index in [1.165, 1.54) is 6.07 Å². The maximum absolute atomic E-state index is 12.7. The number of halogens is 5. The lowest BCUT2D eigenvalue weighted by Gasteiger charge is -2.20. The molecule has 108 valence electrons. The number of nitrogens with two attached hydrogens (primary N) is 1. The topological polar surface area (TPSA) is 46.2 Å². The molecule has 2 nitrogen and oxygen atoms in total. The fourth-order valence-electron chi connectivity index (χ4n) is 1.90. The Kier molecular flexibility index (Phi) is 5.28. The molecule has 0 aromatic heterocycles. The fourth-order valence-corrected chi connectivity index (χ4v) is 2.41. The minimum Gasteiger partial charge on any atom is -0.391 e. The second-order valence-corrected chi connectivity index (χ2v) is 5.54. The number of rotatable bonds is 3. The monoisotopic (exact) mass is 359 g/mol. The Morgan fingerprint density at radius 1 is 1.26 bits per heavy atom. The molecular formula is C12H14BrClF3NO. The first-order valence-electron chi connectivity index (χ1n) is 5.60. The normalized spacial score (nSPS) is 18.6. The molecule has 19 heavy (non-hydrogen) atoms. The van der Waals surface area contributed by atoms with Gasteiger partial charge in [0.25, 0.3) is 0 Å². The predicted molar refractivity (Wildman–Crippen MR) is 72.1 cm³/mol. The highest BCUT2D eigenvalue weighted by Gasteiger charge is 2.36.